The average molecular weight is 260 g/mol. The first kappa shape index (κ1) is 15.4. The fraction of sp³-hybridized carbons (Fsp3) is 0.500. The maximum absolute atomic E-state index is 11.2. The first-order valence-electron chi connectivity index (χ1n) is 6.82. The zero-order valence-electron chi connectivity index (χ0n) is 12.4. The quantitative estimate of drug-likeness (QED) is 0.582. The number of rotatable bonds is 6. The van der Waals surface area contributed by atoms with E-state index < -0.39 is 0 Å². The van der Waals surface area contributed by atoms with Gasteiger partial charge >= 0.3 is 0 Å². The second-order valence-electron chi connectivity index (χ2n) is 5.31. The monoisotopic (exact) mass is 260 g/mol. The molecule has 1 atom stereocenters. The third-order valence-electron chi connectivity index (χ3n) is 4.11. The molecular formula is C16H24N2O. The standard InChI is InChI=1S/C16H24N2O/c1-6-8-16(5,7-2)18-10-14(11-19)12(3)13(4)15(18)9-17/h9-11,17H,3,6-8H2,1-2,4-5H3. The molecule has 1 N–H and O–H groups in total. The van der Waals surface area contributed by atoms with Crippen molar-refractivity contribution in [1.82, 2.24) is 4.90 Å². The van der Waals surface area contributed by atoms with Gasteiger partial charge in [0.1, 0.15) is 0 Å². The van der Waals surface area contributed by atoms with E-state index in [0.717, 1.165) is 42.4 Å². The van der Waals surface area contributed by atoms with Crippen LogP contribution in [0.25, 0.3) is 0 Å². The summed E-state index contributed by atoms with van der Waals surface area (Å²) >= 11 is 0. The van der Waals surface area contributed by atoms with E-state index in [1.165, 1.54) is 6.21 Å². The molecule has 3 nitrogen and oxygen atoms in total. The van der Waals surface area contributed by atoms with Gasteiger partial charge in [-0.15, -0.1) is 0 Å². The fourth-order valence-electron chi connectivity index (χ4n) is 2.57. The first-order chi connectivity index (χ1) is 8.95. The van der Waals surface area contributed by atoms with Crippen molar-refractivity contribution in [3.8, 4) is 0 Å². The fourth-order valence-corrected chi connectivity index (χ4v) is 2.57. The van der Waals surface area contributed by atoms with Gasteiger partial charge in [-0.05, 0) is 37.8 Å². The van der Waals surface area contributed by atoms with E-state index in [2.05, 4.69) is 32.3 Å². The van der Waals surface area contributed by atoms with Gasteiger partial charge in [-0.2, -0.15) is 0 Å². The molecule has 0 saturated carbocycles. The summed E-state index contributed by atoms with van der Waals surface area (Å²) in [7, 11) is 0. The molecule has 0 aromatic heterocycles. The van der Waals surface area contributed by atoms with Crippen LogP contribution in [0.1, 0.15) is 47.0 Å². The van der Waals surface area contributed by atoms with Crippen molar-refractivity contribution < 1.29 is 4.79 Å². The van der Waals surface area contributed by atoms with E-state index in [1.807, 2.05) is 13.1 Å². The number of nitrogens with one attached hydrogen (secondary N) is 1. The lowest BCUT2D eigenvalue weighted by atomic mass is 9.87. The largest absolute Gasteiger partial charge is 0.340 e. The molecule has 0 saturated heterocycles. The molecule has 19 heavy (non-hydrogen) atoms. The first-order valence-corrected chi connectivity index (χ1v) is 6.82. The third kappa shape index (κ3) is 2.70. The highest BCUT2D eigenvalue weighted by Gasteiger charge is 2.33. The van der Waals surface area contributed by atoms with Crippen LogP contribution in [-0.2, 0) is 4.79 Å². The minimum atomic E-state index is -0.0716. The van der Waals surface area contributed by atoms with Crippen LogP contribution in [-0.4, -0.2) is 22.9 Å². The Hall–Kier alpha value is -1.64. The smallest absolute Gasteiger partial charge is 0.152 e. The zero-order chi connectivity index (χ0) is 14.6. The number of carbonyl (C=O) groups is 1. The summed E-state index contributed by atoms with van der Waals surface area (Å²) in [5.74, 6) is 0. The topological polar surface area (TPSA) is 44.2 Å². The summed E-state index contributed by atoms with van der Waals surface area (Å²) in [6, 6.07) is 0. The summed E-state index contributed by atoms with van der Waals surface area (Å²) in [4.78, 5) is 13.3. The van der Waals surface area contributed by atoms with E-state index in [-0.39, 0.29) is 5.54 Å². The van der Waals surface area contributed by atoms with Gasteiger partial charge in [0.15, 0.2) is 6.29 Å². The molecule has 0 radical (unpaired) electrons. The molecule has 0 aromatic rings. The molecule has 0 amide bonds. The Morgan fingerprint density at radius 3 is 2.53 bits per heavy atom. The Morgan fingerprint density at radius 2 is 2.11 bits per heavy atom. The second kappa shape index (κ2) is 6.00. The number of hydrogen-bond acceptors (Lipinski definition) is 3. The maximum atomic E-state index is 11.2. The number of allylic oxidation sites excluding steroid dienone is 4. The average Bonchev–Trinajstić information content (AvgIpc) is 2.41. The Kier molecular flexibility index (Phi) is 4.87. The molecule has 1 heterocycles. The van der Waals surface area contributed by atoms with Gasteiger partial charge in [-0.3, -0.25) is 4.79 Å². The molecule has 1 rings (SSSR count). The molecule has 0 aromatic carbocycles. The van der Waals surface area contributed by atoms with Crippen LogP contribution in [0.5, 0.6) is 0 Å². The van der Waals surface area contributed by atoms with Gasteiger partial charge in [0.05, 0.1) is 5.70 Å². The van der Waals surface area contributed by atoms with Crippen LogP contribution in [0, 0.1) is 5.41 Å². The highest BCUT2D eigenvalue weighted by Crippen LogP contribution is 2.36. The summed E-state index contributed by atoms with van der Waals surface area (Å²) in [5, 5.41) is 7.67. The molecule has 104 valence electrons. The van der Waals surface area contributed by atoms with Crippen molar-refractivity contribution in [2.45, 2.75) is 52.5 Å². The van der Waals surface area contributed by atoms with E-state index in [0.29, 0.717) is 5.57 Å². The van der Waals surface area contributed by atoms with E-state index in [9.17, 15) is 4.79 Å². The predicted octanol–water partition coefficient (Wildman–Crippen LogP) is 3.83. The van der Waals surface area contributed by atoms with Crippen molar-refractivity contribution in [3.63, 3.8) is 0 Å². The minimum absolute atomic E-state index is 0.0716. The molecule has 1 unspecified atom stereocenters. The molecular weight excluding hydrogens is 236 g/mol. The van der Waals surface area contributed by atoms with Gasteiger partial charge in [-0.25, -0.2) is 0 Å². The van der Waals surface area contributed by atoms with Crippen LogP contribution >= 0.6 is 0 Å². The molecule has 1 aliphatic heterocycles. The van der Waals surface area contributed by atoms with Gasteiger partial charge < -0.3 is 10.3 Å². The van der Waals surface area contributed by atoms with Crippen molar-refractivity contribution in [1.29, 1.82) is 5.41 Å². The van der Waals surface area contributed by atoms with Crippen LogP contribution in [0.2, 0.25) is 0 Å². The van der Waals surface area contributed by atoms with Gasteiger partial charge in [0.25, 0.3) is 0 Å². The molecule has 3 heteroatoms. The molecule has 0 bridgehead atoms. The Balaban J connectivity index is 3.36. The third-order valence-corrected chi connectivity index (χ3v) is 4.11. The zero-order valence-corrected chi connectivity index (χ0v) is 12.4. The van der Waals surface area contributed by atoms with Crippen molar-refractivity contribution in [3.05, 3.63) is 35.2 Å². The van der Waals surface area contributed by atoms with Crippen molar-refractivity contribution in [2.24, 2.45) is 0 Å². The Morgan fingerprint density at radius 1 is 1.47 bits per heavy atom. The lowest BCUT2D eigenvalue weighted by Gasteiger charge is -2.43. The van der Waals surface area contributed by atoms with Crippen LogP contribution in [0.4, 0.5) is 0 Å². The van der Waals surface area contributed by atoms with E-state index in [4.69, 9.17) is 5.41 Å². The number of aldehydes is 1. The summed E-state index contributed by atoms with van der Waals surface area (Å²) in [6.45, 7) is 12.4. The van der Waals surface area contributed by atoms with Gasteiger partial charge in [0.2, 0.25) is 0 Å². The lowest BCUT2D eigenvalue weighted by molar-refractivity contribution is -0.104. The highest BCUT2D eigenvalue weighted by atomic mass is 16.1. The normalized spacial score (nSPS) is 19.1. The Bertz CT molecular complexity index is 459. The highest BCUT2D eigenvalue weighted by molar-refractivity contribution is 5.88. The predicted molar refractivity (Wildman–Crippen MR) is 80.2 cm³/mol. The number of carbonyl (C=O) groups excluding carboxylic acids is 1. The van der Waals surface area contributed by atoms with E-state index in [1.54, 1.807) is 0 Å². The van der Waals surface area contributed by atoms with Crippen LogP contribution in [0.15, 0.2) is 35.2 Å². The van der Waals surface area contributed by atoms with Crippen molar-refractivity contribution >= 4 is 12.5 Å². The van der Waals surface area contributed by atoms with Crippen LogP contribution < -0.4 is 0 Å². The molecule has 1 aliphatic rings. The molecule has 0 spiro atoms. The number of hydrogen-bond donors (Lipinski definition) is 1. The number of nitrogens with zero attached hydrogens (tertiary/aromatic N) is 1. The SMILES string of the molecule is C=C1C(C=O)=CN(C(C)(CC)CCC)C(C=N)=C1C. The van der Waals surface area contributed by atoms with Gasteiger partial charge in [-0.1, -0.05) is 26.8 Å². The second-order valence-corrected chi connectivity index (χ2v) is 5.31. The summed E-state index contributed by atoms with van der Waals surface area (Å²) in [6.07, 6.45) is 7.10. The minimum Gasteiger partial charge on any atom is -0.340 e. The summed E-state index contributed by atoms with van der Waals surface area (Å²) < 4.78 is 0. The summed E-state index contributed by atoms with van der Waals surface area (Å²) in [5.41, 5.74) is 3.01. The van der Waals surface area contributed by atoms with Crippen LogP contribution in [0.3, 0.4) is 0 Å². The lowest BCUT2D eigenvalue weighted by Crippen LogP contribution is -2.44. The van der Waals surface area contributed by atoms with Gasteiger partial charge in [0, 0.05) is 23.5 Å². The molecule has 0 fully saturated rings. The van der Waals surface area contributed by atoms with Crippen molar-refractivity contribution in [2.75, 3.05) is 0 Å². The van der Waals surface area contributed by atoms with E-state index >= 15 is 0 Å². The Labute approximate surface area is 116 Å². The molecule has 0 aliphatic carbocycles. The maximum Gasteiger partial charge on any atom is 0.152 e.